The molecule has 0 aromatic heterocycles. The highest BCUT2D eigenvalue weighted by atomic mass is 16.7. The predicted octanol–water partition coefficient (Wildman–Crippen LogP) is 1.02. The van der Waals surface area contributed by atoms with Crippen molar-refractivity contribution in [1.29, 1.82) is 0 Å². The van der Waals surface area contributed by atoms with Crippen LogP contribution in [0.4, 0.5) is 0 Å². The molecule has 0 amide bonds. The molecule has 0 bridgehead atoms. The van der Waals surface area contributed by atoms with E-state index in [-0.39, 0.29) is 30.6 Å². The number of rotatable bonds is 3. The Kier molecular flexibility index (Phi) is 4.42. The van der Waals surface area contributed by atoms with Crippen molar-refractivity contribution in [1.82, 2.24) is 0 Å². The van der Waals surface area contributed by atoms with Crippen molar-refractivity contribution in [2.24, 2.45) is 5.92 Å². The quantitative estimate of drug-likeness (QED) is 0.714. The first-order valence-corrected chi connectivity index (χ1v) is 6.59. The van der Waals surface area contributed by atoms with Crippen molar-refractivity contribution >= 4 is 11.9 Å². The van der Waals surface area contributed by atoms with E-state index < -0.39 is 5.79 Å². The first-order valence-electron chi connectivity index (χ1n) is 6.59. The Labute approximate surface area is 112 Å². The molecule has 1 spiro atoms. The smallest absolute Gasteiger partial charge is 0.302 e. The van der Waals surface area contributed by atoms with Gasteiger partial charge in [0, 0.05) is 32.6 Å². The van der Waals surface area contributed by atoms with Crippen LogP contribution in [0.1, 0.15) is 33.1 Å². The zero-order valence-corrected chi connectivity index (χ0v) is 11.3. The summed E-state index contributed by atoms with van der Waals surface area (Å²) < 4.78 is 21.7. The van der Waals surface area contributed by atoms with Gasteiger partial charge in [-0.25, -0.2) is 0 Å². The molecule has 1 heterocycles. The first kappa shape index (κ1) is 14.3. The fraction of sp³-hybridized carbons (Fsp3) is 0.846. The summed E-state index contributed by atoms with van der Waals surface area (Å²) in [5, 5.41) is 0. The van der Waals surface area contributed by atoms with E-state index in [9.17, 15) is 9.59 Å². The van der Waals surface area contributed by atoms with Crippen LogP contribution in [0, 0.1) is 5.92 Å². The molecule has 6 heteroatoms. The third kappa shape index (κ3) is 3.67. The van der Waals surface area contributed by atoms with Gasteiger partial charge in [-0.05, 0) is 6.42 Å². The molecular formula is C13H20O6. The Morgan fingerprint density at radius 3 is 2.47 bits per heavy atom. The van der Waals surface area contributed by atoms with Crippen LogP contribution in [-0.4, -0.2) is 43.7 Å². The van der Waals surface area contributed by atoms with Gasteiger partial charge in [0.05, 0.1) is 19.8 Å². The molecule has 2 fully saturated rings. The van der Waals surface area contributed by atoms with E-state index in [0.29, 0.717) is 32.5 Å². The average molecular weight is 272 g/mol. The van der Waals surface area contributed by atoms with Crippen molar-refractivity contribution in [2.75, 3.05) is 19.8 Å². The summed E-state index contributed by atoms with van der Waals surface area (Å²) in [7, 11) is 0. The van der Waals surface area contributed by atoms with Gasteiger partial charge in [0.2, 0.25) is 0 Å². The molecule has 0 aromatic carbocycles. The number of hydrogen-bond donors (Lipinski definition) is 0. The minimum absolute atomic E-state index is 0.0837. The largest absolute Gasteiger partial charge is 0.465 e. The maximum Gasteiger partial charge on any atom is 0.302 e. The molecule has 2 rings (SSSR count). The maximum absolute atomic E-state index is 11.1. The number of ether oxygens (including phenoxy) is 4. The van der Waals surface area contributed by atoms with E-state index >= 15 is 0 Å². The minimum atomic E-state index is -0.582. The van der Waals surface area contributed by atoms with Gasteiger partial charge in [0.15, 0.2) is 5.79 Å². The van der Waals surface area contributed by atoms with Crippen molar-refractivity contribution < 1.29 is 28.5 Å². The molecule has 19 heavy (non-hydrogen) atoms. The second-order valence-corrected chi connectivity index (χ2v) is 5.06. The van der Waals surface area contributed by atoms with E-state index in [0.717, 1.165) is 0 Å². The maximum atomic E-state index is 11.1. The SMILES string of the molecule is CC(=O)OC[C@H]1CC2(CC[C@@H]1OC(C)=O)OCCO2. The van der Waals surface area contributed by atoms with Gasteiger partial charge in [-0.15, -0.1) is 0 Å². The molecule has 6 nitrogen and oxygen atoms in total. The van der Waals surface area contributed by atoms with Gasteiger partial charge in [-0.1, -0.05) is 0 Å². The molecule has 0 aromatic rings. The van der Waals surface area contributed by atoms with Crippen LogP contribution in [0.3, 0.4) is 0 Å². The summed E-state index contributed by atoms with van der Waals surface area (Å²) in [5.74, 6) is -1.32. The number of hydrogen-bond acceptors (Lipinski definition) is 6. The van der Waals surface area contributed by atoms with Crippen LogP contribution in [0.15, 0.2) is 0 Å². The van der Waals surface area contributed by atoms with Crippen molar-refractivity contribution in [2.45, 2.75) is 45.0 Å². The van der Waals surface area contributed by atoms with Crippen LogP contribution in [0.5, 0.6) is 0 Å². The van der Waals surface area contributed by atoms with Gasteiger partial charge in [-0.2, -0.15) is 0 Å². The summed E-state index contributed by atoms with van der Waals surface area (Å²) in [6.07, 6.45) is 1.70. The fourth-order valence-corrected chi connectivity index (χ4v) is 2.75. The minimum Gasteiger partial charge on any atom is -0.465 e. The van der Waals surface area contributed by atoms with E-state index in [4.69, 9.17) is 18.9 Å². The lowest BCUT2D eigenvalue weighted by Gasteiger charge is -2.40. The first-order chi connectivity index (χ1) is 9.01. The molecule has 1 saturated carbocycles. The number of carbonyl (C=O) groups is 2. The van der Waals surface area contributed by atoms with Crippen LogP contribution in [-0.2, 0) is 28.5 Å². The molecule has 108 valence electrons. The summed E-state index contributed by atoms with van der Waals surface area (Å²) in [4.78, 5) is 22.1. The molecule has 2 aliphatic rings. The Morgan fingerprint density at radius 2 is 1.89 bits per heavy atom. The molecular weight excluding hydrogens is 252 g/mol. The molecule has 2 atom stereocenters. The second-order valence-electron chi connectivity index (χ2n) is 5.06. The van der Waals surface area contributed by atoms with Crippen LogP contribution in [0.2, 0.25) is 0 Å². The van der Waals surface area contributed by atoms with Crippen LogP contribution < -0.4 is 0 Å². The Bertz CT molecular complexity index is 347. The van der Waals surface area contributed by atoms with E-state index in [2.05, 4.69) is 0 Å². The third-order valence-corrected chi connectivity index (χ3v) is 3.54. The van der Waals surface area contributed by atoms with Crippen molar-refractivity contribution in [3.8, 4) is 0 Å². The topological polar surface area (TPSA) is 71.1 Å². The number of carbonyl (C=O) groups excluding carboxylic acids is 2. The average Bonchev–Trinajstić information content (AvgIpc) is 2.77. The fourth-order valence-electron chi connectivity index (χ4n) is 2.75. The van der Waals surface area contributed by atoms with Gasteiger partial charge in [-0.3, -0.25) is 9.59 Å². The van der Waals surface area contributed by atoms with Gasteiger partial charge in [0.1, 0.15) is 6.10 Å². The summed E-state index contributed by atoms with van der Waals surface area (Å²) >= 11 is 0. The lowest BCUT2D eigenvalue weighted by Crippen LogP contribution is -2.45. The van der Waals surface area contributed by atoms with Crippen molar-refractivity contribution in [3.05, 3.63) is 0 Å². The monoisotopic (exact) mass is 272 g/mol. The normalized spacial score (nSPS) is 29.2. The van der Waals surface area contributed by atoms with E-state index in [1.165, 1.54) is 13.8 Å². The molecule has 0 unspecified atom stereocenters. The molecule has 0 radical (unpaired) electrons. The highest BCUT2D eigenvalue weighted by Crippen LogP contribution is 2.40. The zero-order valence-electron chi connectivity index (χ0n) is 11.3. The van der Waals surface area contributed by atoms with Gasteiger partial charge < -0.3 is 18.9 Å². The molecule has 1 aliphatic heterocycles. The molecule has 0 N–H and O–H groups in total. The van der Waals surface area contributed by atoms with Crippen LogP contribution >= 0.6 is 0 Å². The van der Waals surface area contributed by atoms with Gasteiger partial charge in [0.25, 0.3) is 0 Å². The van der Waals surface area contributed by atoms with Crippen molar-refractivity contribution in [3.63, 3.8) is 0 Å². The van der Waals surface area contributed by atoms with Crippen LogP contribution in [0.25, 0.3) is 0 Å². The summed E-state index contributed by atoms with van der Waals surface area (Å²) in [6, 6.07) is 0. The number of esters is 2. The zero-order chi connectivity index (χ0) is 13.9. The standard InChI is InChI=1S/C13H20O6/c1-9(14)16-8-11-7-13(17-5-6-18-13)4-3-12(11)19-10(2)15/h11-12H,3-8H2,1-2H3/t11-,12+/m1/s1. The third-order valence-electron chi connectivity index (χ3n) is 3.54. The molecule has 1 saturated heterocycles. The molecule has 1 aliphatic carbocycles. The predicted molar refractivity (Wildman–Crippen MR) is 64.2 cm³/mol. The summed E-state index contributed by atoms with van der Waals surface area (Å²) in [6.45, 7) is 4.14. The lowest BCUT2D eigenvalue weighted by atomic mass is 9.82. The Hall–Kier alpha value is -1.14. The van der Waals surface area contributed by atoms with E-state index in [1.807, 2.05) is 0 Å². The highest BCUT2D eigenvalue weighted by molar-refractivity contribution is 5.66. The van der Waals surface area contributed by atoms with E-state index in [1.54, 1.807) is 0 Å². The second kappa shape index (κ2) is 5.88. The van der Waals surface area contributed by atoms with Gasteiger partial charge >= 0.3 is 11.9 Å². The lowest BCUT2D eigenvalue weighted by molar-refractivity contribution is -0.213. The Balaban J connectivity index is 1.99. The highest BCUT2D eigenvalue weighted by Gasteiger charge is 2.46. The summed E-state index contributed by atoms with van der Waals surface area (Å²) in [5.41, 5.74) is 0. The Morgan fingerprint density at radius 1 is 1.21 bits per heavy atom.